The lowest BCUT2D eigenvalue weighted by molar-refractivity contribution is 0.0772. The van der Waals surface area contributed by atoms with Crippen molar-refractivity contribution in [1.29, 1.82) is 0 Å². The molecule has 1 aromatic carbocycles. The predicted octanol–water partition coefficient (Wildman–Crippen LogP) is 2.18. The average molecular weight is 349 g/mol. The lowest BCUT2D eigenvalue weighted by atomic mass is 10.1. The molecule has 2 N–H and O–H groups in total. The first-order chi connectivity index (χ1) is 11.7. The summed E-state index contributed by atoms with van der Waals surface area (Å²) in [5.74, 6) is 1.99. The van der Waals surface area contributed by atoms with E-state index < -0.39 is 0 Å². The molecule has 7 heteroatoms. The molecule has 6 nitrogen and oxygen atoms in total. The van der Waals surface area contributed by atoms with E-state index in [0.717, 1.165) is 44.0 Å². The molecule has 2 aliphatic heterocycles. The highest BCUT2D eigenvalue weighted by molar-refractivity contribution is 7.99. The molecular formula is C17H23N3O3S. The smallest absolute Gasteiger partial charge is 0.319 e. The van der Waals surface area contributed by atoms with Crippen molar-refractivity contribution < 1.29 is 14.3 Å². The summed E-state index contributed by atoms with van der Waals surface area (Å²) in [6, 6.07) is 6.83. The lowest BCUT2D eigenvalue weighted by Crippen LogP contribution is -2.38. The summed E-state index contributed by atoms with van der Waals surface area (Å²) < 4.78 is 5.48. The zero-order valence-corrected chi connectivity index (χ0v) is 14.4. The van der Waals surface area contributed by atoms with Gasteiger partial charge < -0.3 is 20.3 Å². The summed E-state index contributed by atoms with van der Waals surface area (Å²) in [5.41, 5.74) is 1.23. The number of benzene rings is 1. The minimum absolute atomic E-state index is 0.0266. The number of amides is 3. The molecule has 3 rings (SSSR count). The van der Waals surface area contributed by atoms with Crippen LogP contribution in [0.3, 0.4) is 0 Å². The maximum absolute atomic E-state index is 12.5. The highest BCUT2D eigenvalue weighted by Crippen LogP contribution is 2.16. The van der Waals surface area contributed by atoms with E-state index in [2.05, 4.69) is 10.6 Å². The van der Waals surface area contributed by atoms with Gasteiger partial charge in [0.2, 0.25) is 0 Å². The second-order valence-electron chi connectivity index (χ2n) is 5.96. The molecule has 0 aliphatic carbocycles. The predicted molar refractivity (Wildman–Crippen MR) is 95.7 cm³/mol. The Hall–Kier alpha value is -1.73. The Morgan fingerprint density at radius 2 is 2.12 bits per heavy atom. The van der Waals surface area contributed by atoms with E-state index >= 15 is 0 Å². The van der Waals surface area contributed by atoms with Gasteiger partial charge in [0.15, 0.2) is 0 Å². The van der Waals surface area contributed by atoms with Crippen molar-refractivity contribution in [2.75, 3.05) is 43.1 Å². The van der Waals surface area contributed by atoms with Gasteiger partial charge in [0.05, 0.1) is 6.10 Å². The molecule has 24 heavy (non-hydrogen) atoms. The lowest BCUT2D eigenvalue weighted by Gasteiger charge is -2.26. The number of thioether (sulfide) groups is 1. The van der Waals surface area contributed by atoms with Crippen LogP contribution >= 0.6 is 11.8 Å². The fourth-order valence-electron chi connectivity index (χ4n) is 2.87. The van der Waals surface area contributed by atoms with Gasteiger partial charge in [0.1, 0.15) is 0 Å². The van der Waals surface area contributed by atoms with Crippen molar-refractivity contribution in [2.45, 2.75) is 18.9 Å². The Labute approximate surface area is 146 Å². The van der Waals surface area contributed by atoms with Crippen LogP contribution in [-0.4, -0.2) is 60.7 Å². The minimum Gasteiger partial charge on any atom is -0.376 e. The zero-order valence-electron chi connectivity index (χ0n) is 13.6. The highest BCUT2D eigenvalue weighted by atomic mass is 32.2. The molecule has 130 valence electrons. The molecule has 1 atom stereocenters. The van der Waals surface area contributed by atoms with Gasteiger partial charge in [-0.25, -0.2) is 4.79 Å². The number of rotatable bonds is 4. The molecule has 1 aromatic rings. The number of nitrogens with one attached hydrogen (secondary N) is 2. The van der Waals surface area contributed by atoms with Crippen LogP contribution in [0.25, 0.3) is 0 Å². The number of urea groups is 1. The standard InChI is InChI=1S/C17H23N3O3S/c21-16(20-6-9-24-10-7-20)13-3-1-4-14(11-13)19-17(22)18-12-15-5-2-8-23-15/h1,3-4,11,15H,2,5-10,12H2,(H2,18,19,22)/t15-/m1/s1. The summed E-state index contributed by atoms with van der Waals surface area (Å²) in [6.45, 7) is 2.84. The fraction of sp³-hybridized carbons (Fsp3) is 0.529. The first-order valence-corrected chi connectivity index (χ1v) is 9.51. The Kier molecular flexibility index (Phi) is 5.98. The fourth-order valence-corrected chi connectivity index (χ4v) is 3.77. The van der Waals surface area contributed by atoms with E-state index in [1.165, 1.54) is 0 Å². The third kappa shape index (κ3) is 4.64. The van der Waals surface area contributed by atoms with Crippen LogP contribution in [-0.2, 0) is 4.74 Å². The van der Waals surface area contributed by atoms with E-state index in [1.54, 1.807) is 24.3 Å². The molecule has 0 radical (unpaired) electrons. The van der Waals surface area contributed by atoms with Gasteiger partial charge in [0, 0.05) is 49.0 Å². The van der Waals surface area contributed by atoms with Crippen molar-refractivity contribution in [3.8, 4) is 0 Å². The van der Waals surface area contributed by atoms with Crippen LogP contribution in [0.15, 0.2) is 24.3 Å². The molecule has 3 amide bonds. The molecule has 2 saturated heterocycles. The molecule has 0 unspecified atom stereocenters. The van der Waals surface area contributed by atoms with Gasteiger partial charge in [-0.3, -0.25) is 4.79 Å². The Balaban J connectivity index is 1.54. The second-order valence-corrected chi connectivity index (χ2v) is 7.18. The van der Waals surface area contributed by atoms with Crippen LogP contribution < -0.4 is 10.6 Å². The average Bonchev–Trinajstić information content (AvgIpc) is 3.14. The van der Waals surface area contributed by atoms with E-state index in [1.807, 2.05) is 16.7 Å². The first kappa shape index (κ1) is 17.1. The molecule has 0 saturated carbocycles. The number of nitrogens with zero attached hydrogens (tertiary/aromatic N) is 1. The summed E-state index contributed by atoms with van der Waals surface area (Å²) in [4.78, 5) is 26.4. The van der Waals surface area contributed by atoms with Gasteiger partial charge in [-0.15, -0.1) is 0 Å². The van der Waals surface area contributed by atoms with Gasteiger partial charge in [0.25, 0.3) is 5.91 Å². The van der Waals surface area contributed by atoms with E-state index in [0.29, 0.717) is 17.8 Å². The van der Waals surface area contributed by atoms with Gasteiger partial charge in [-0.05, 0) is 31.0 Å². The van der Waals surface area contributed by atoms with Crippen LogP contribution in [0.1, 0.15) is 23.2 Å². The van der Waals surface area contributed by atoms with Crippen LogP contribution in [0.4, 0.5) is 10.5 Å². The highest BCUT2D eigenvalue weighted by Gasteiger charge is 2.19. The van der Waals surface area contributed by atoms with Gasteiger partial charge in [-0.1, -0.05) is 6.07 Å². The van der Waals surface area contributed by atoms with E-state index in [4.69, 9.17) is 4.74 Å². The summed E-state index contributed by atoms with van der Waals surface area (Å²) in [5, 5.41) is 5.60. The summed E-state index contributed by atoms with van der Waals surface area (Å²) in [7, 11) is 0. The normalized spacial score (nSPS) is 20.7. The minimum atomic E-state index is -0.274. The van der Waals surface area contributed by atoms with Crippen molar-refractivity contribution in [1.82, 2.24) is 10.2 Å². The third-order valence-corrected chi connectivity index (χ3v) is 5.12. The van der Waals surface area contributed by atoms with Crippen LogP contribution in [0.5, 0.6) is 0 Å². The maximum atomic E-state index is 12.5. The topological polar surface area (TPSA) is 70.7 Å². The number of hydrogen-bond donors (Lipinski definition) is 2. The maximum Gasteiger partial charge on any atom is 0.319 e. The van der Waals surface area contributed by atoms with Crippen LogP contribution in [0.2, 0.25) is 0 Å². The zero-order chi connectivity index (χ0) is 16.8. The molecule has 2 heterocycles. The molecular weight excluding hydrogens is 326 g/mol. The number of anilines is 1. The van der Waals surface area contributed by atoms with Crippen molar-refractivity contribution in [2.24, 2.45) is 0 Å². The molecule has 0 bridgehead atoms. The third-order valence-electron chi connectivity index (χ3n) is 4.18. The largest absolute Gasteiger partial charge is 0.376 e. The molecule has 2 fully saturated rings. The van der Waals surface area contributed by atoms with E-state index in [-0.39, 0.29) is 18.0 Å². The first-order valence-electron chi connectivity index (χ1n) is 8.36. The Bertz CT molecular complexity index is 584. The quantitative estimate of drug-likeness (QED) is 0.874. The Morgan fingerprint density at radius 1 is 1.29 bits per heavy atom. The number of carbonyl (C=O) groups excluding carboxylic acids is 2. The second kappa shape index (κ2) is 8.39. The summed E-state index contributed by atoms with van der Waals surface area (Å²) >= 11 is 1.87. The van der Waals surface area contributed by atoms with Gasteiger partial charge >= 0.3 is 6.03 Å². The van der Waals surface area contributed by atoms with Crippen molar-refractivity contribution in [3.63, 3.8) is 0 Å². The number of carbonyl (C=O) groups is 2. The SMILES string of the molecule is O=C(NC[C@H]1CCCO1)Nc1cccc(C(=O)N2CCSCC2)c1. The van der Waals surface area contributed by atoms with Crippen molar-refractivity contribution in [3.05, 3.63) is 29.8 Å². The number of ether oxygens (including phenoxy) is 1. The van der Waals surface area contributed by atoms with Crippen molar-refractivity contribution >= 4 is 29.4 Å². The Morgan fingerprint density at radius 3 is 2.88 bits per heavy atom. The number of hydrogen-bond acceptors (Lipinski definition) is 4. The summed E-state index contributed by atoms with van der Waals surface area (Å²) in [6.07, 6.45) is 2.14. The molecule has 0 aromatic heterocycles. The van der Waals surface area contributed by atoms with E-state index in [9.17, 15) is 9.59 Å². The van der Waals surface area contributed by atoms with Gasteiger partial charge in [-0.2, -0.15) is 11.8 Å². The monoisotopic (exact) mass is 349 g/mol. The van der Waals surface area contributed by atoms with Crippen LogP contribution in [0, 0.1) is 0 Å². The molecule has 0 spiro atoms. The molecule has 2 aliphatic rings.